The Morgan fingerprint density at radius 3 is 2.62 bits per heavy atom. The first kappa shape index (κ1) is 21.8. The molecule has 158 valence electrons. The van der Waals surface area contributed by atoms with E-state index >= 15 is 0 Å². The summed E-state index contributed by atoms with van der Waals surface area (Å²) in [6.45, 7) is 8.68. The van der Waals surface area contributed by atoms with E-state index in [1.165, 1.54) is 0 Å². The molecule has 3 rings (SSSR count). The quantitative estimate of drug-likeness (QED) is 0.633. The molecule has 0 amide bonds. The molecule has 29 heavy (non-hydrogen) atoms. The number of ether oxygens (including phenoxy) is 2. The minimum Gasteiger partial charge on any atom is -0.497 e. The first-order valence-corrected chi connectivity index (χ1v) is 10.8. The maximum absolute atomic E-state index is 6.53. The van der Waals surface area contributed by atoms with Crippen LogP contribution in [0.3, 0.4) is 0 Å². The molecule has 2 aromatic rings. The highest BCUT2D eigenvalue weighted by atomic mass is 35.5. The van der Waals surface area contributed by atoms with Crippen LogP contribution in [0.25, 0.3) is 11.3 Å². The highest BCUT2D eigenvalue weighted by molar-refractivity contribution is 6.33. The molecule has 1 aromatic heterocycles. The van der Waals surface area contributed by atoms with Crippen LogP contribution < -0.4 is 10.2 Å². The van der Waals surface area contributed by atoms with Gasteiger partial charge in [-0.3, -0.25) is 0 Å². The largest absolute Gasteiger partial charge is 0.497 e. The summed E-state index contributed by atoms with van der Waals surface area (Å²) >= 11 is 6.53. The normalized spacial score (nSPS) is 16.9. The van der Waals surface area contributed by atoms with Gasteiger partial charge in [-0.2, -0.15) is 0 Å². The number of aromatic nitrogens is 2. The van der Waals surface area contributed by atoms with Gasteiger partial charge in [0.2, 0.25) is 0 Å². The van der Waals surface area contributed by atoms with Crippen LogP contribution in [0.2, 0.25) is 5.02 Å². The van der Waals surface area contributed by atoms with Crippen molar-refractivity contribution in [3.05, 3.63) is 34.6 Å². The summed E-state index contributed by atoms with van der Waals surface area (Å²) in [5.74, 6) is 1.56. The molecule has 1 saturated heterocycles. The Morgan fingerprint density at radius 2 is 1.97 bits per heavy atom. The van der Waals surface area contributed by atoms with Gasteiger partial charge < -0.3 is 14.9 Å². The maximum atomic E-state index is 6.53. The monoisotopic (exact) mass is 418 g/mol. The second kappa shape index (κ2) is 10.2. The molecule has 1 unspecified atom stereocenters. The average molecular weight is 419 g/mol. The summed E-state index contributed by atoms with van der Waals surface area (Å²) in [5, 5.41) is 2.87. The van der Waals surface area contributed by atoms with Gasteiger partial charge in [-0.05, 0) is 50.8 Å². The molecule has 1 fully saturated rings. The molecule has 1 aliphatic heterocycles. The molecule has 0 spiro atoms. The number of hydrazine groups is 1. The Hall–Kier alpha value is -1.89. The van der Waals surface area contributed by atoms with Crippen LogP contribution in [0.4, 0.5) is 5.82 Å². The summed E-state index contributed by atoms with van der Waals surface area (Å²) in [7, 11) is 1.63. The fourth-order valence-corrected chi connectivity index (χ4v) is 3.92. The van der Waals surface area contributed by atoms with E-state index < -0.39 is 0 Å². The van der Waals surface area contributed by atoms with Crippen LogP contribution in [-0.4, -0.2) is 47.9 Å². The number of halogens is 1. The average Bonchev–Trinajstić information content (AvgIpc) is 3.18. The fraction of sp³-hybridized carbons (Fsp3) is 0.545. The van der Waals surface area contributed by atoms with Crippen LogP contribution in [0, 0.1) is 0 Å². The minimum atomic E-state index is 0.363. The molecule has 1 aliphatic rings. The lowest BCUT2D eigenvalue weighted by Gasteiger charge is -2.26. The SMILES string of the molecule is CCOCC1CCCN1Nc1nc(CC)c(-c2ccc(OC)cc2Cl)nc1CC. The molecule has 0 aliphatic carbocycles. The lowest BCUT2D eigenvalue weighted by atomic mass is 10.1. The van der Waals surface area contributed by atoms with Crippen LogP contribution in [0.1, 0.15) is 45.0 Å². The van der Waals surface area contributed by atoms with Crippen LogP contribution >= 0.6 is 11.6 Å². The van der Waals surface area contributed by atoms with Gasteiger partial charge in [-0.1, -0.05) is 25.4 Å². The van der Waals surface area contributed by atoms with Gasteiger partial charge in [0.1, 0.15) is 5.75 Å². The van der Waals surface area contributed by atoms with Gasteiger partial charge in [0.25, 0.3) is 0 Å². The van der Waals surface area contributed by atoms with Crippen molar-refractivity contribution < 1.29 is 9.47 Å². The van der Waals surface area contributed by atoms with Crippen molar-refractivity contribution in [3.63, 3.8) is 0 Å². The van der Waals surface area contributed by atoms with E-state index in [2.05, 4.69) is 24.3 Å². The summed E-state index contributed by atoms with van der Waals surface area (Å²) in [6.07, 6.45) is 3.83. The molecule has 0 radical (unpaired) electrons. The lowest BCUT2D eigenvalue weighted by Crippen LogP contribution is -2.38. The number of benzene rings is 1. The predicted octanol–water partition coefficient (Wildman–Crippen LogP) is 4.76. The lowest BCUT2D eigenvalue weighted by molar-refractivity contribution is 0.0943. The standard InChI is InChI=1S/C22H31ClN4O2/c1-5-19-21(17-11-10-16(28-4)13-18(17)23)24-20(6-2)22(25-19)26-27-12-8-9-15(27)14-29-7-3/h10-11,13,15H,5-9,12,14H2,1-4H3,(H,25,26). The summed E-state index contributed by atoms with van der Waals surface area (Å²) in [6, 6.07) is 6.04. The Bertz CT molecular complexity index is 831. The van der Waals surface area contributed by atoms with Gasteiger partial charge in [-0.25, -0.2) is 15.0 Å². The smallest absolute Gasteiger partial charge is 0.162 e. The minimum absolute atomic E-state index is 0.363. The predicted molar refractivity (Wildman–Crippen MR) is 118 cm³/mol. The zero-order chi connectivity index (χ0) is 20.8. The zero-order valence-electron chi connectivity index (χ0n) is 17.8. The van der Waals surface area contributed by atoms with Crippen molar-refractivity contribution in [2.75, 3.05) is 32.3 Å². The topological polar surface area (TPSA) is 59.5 Å². The number of hydrogen-bond acceptors (Lipinski definition) is 6. The number of nitrogens with one attached hydrogen (secondary N) is 1. The van der Waals surface area contributed by atoms with Crippen LogP contribution in [-0.2, 0) is 17.6 Å². The zero-order valence-corrected chi connectivity index (χ0v) is 18.6. The Morgan fingerprint density at radius 1 is 1.17 bits per heavy atom. The molecular weight excluding hydrogens is 388 g/mol. The molecule has 1 atom stereocenters. The highest BCUT2D eigenvalue weighted by Gasteiger charge is 2.26. The summed E-state index contributed by atoms with van der Waals surface area (Å²) in [4.78, 5) is 9.92. The third-order valence-corrected chi connectivity index (χ3v) is 5.60. The van der Waals surface area contributed by atoms with Crippen molar-refractivity contribution in [2.24, 2.45) is 0 Å². The first-order valence-electron chi connectivity index (χ1n) is 10.5. The Kier molecular flexibility index (Phi) is 7.70. The first-order chi connectivity index (χ1) is 14.1. The van der Waals surface area contributed by atoms with Crippen molar-refractivity contribution in [2.45, 2.75) is 52.5 Å². The van der Waals surface area contributed by atoms with Gasteiger partial charge in [0, 0.05) is 18.7 Å². The number of aryl methyl sites for hydroxylation is 2. The number of hydrogen-bond donors (Lipinski definition) is 1. The van der Waals surface area contributed by atoms with E-state index in [4.69, 9.17) is 31.0 Å². The molecule has 1 aromatic carbocycles. The van der Waals surface area contributed by atoms with E-state index in [0.29, 0.717) is 11.1 Å². The summed E-state index contributed by atoms with van der Waals surface area (Å²) < 4.78 is 10.9. The van der Waals surface area contributed by atoms with E-state index in [-0.39, 0.29) is 0 Å². The molecular formula is C22H31ClN4O2. The van der Waals surface area contributed by atoms with Gasteiger partial charge in [0.05, 0.1) is 41.9 Å². The number of methoxy groups -OCH3 is 1. The number of rotatable bonds is 9. The van der Waals surface area contributed by atoms with Gasteiger partial charge in [0.15, 0.2) is 5.82 Å². The van der Waals surface area contributed by atoms with Crippen molar-refractivity contribution >= 4 is 17.4 Å². The molecule has 0 bridgehead atoms. The van der Waals surface area contributed by atoms with Gasteiger partial charge >= 0.3 is 0 Å². The Balaban J connectivity index is 1.92. The van der Waals surface area contributed by atoms with E-state index in [1.54, 1.807) is 7.11 Å². The molecule has 1 N–H and O–H groups in total. The van der Waals surface area contributed by atoms with E-state index in [9.17, 15) is 0 Å². The second-order valence-corrected chi connectivity index (χ2v) is 7.54. The number of anilines is 1. The van der Waals surface area contributed by atoms with Crippen molar-refractivity contribution in [1.82, 2.24) is 15.0 Å². The number of nitrogens with zero attached hydrogens (tertiary/aromatic N) is 3. The third-order valence-electron chi connectivity index (χ3n) is 5.28. The van der Waals surface area contributed by atoms with Crippen LogP contribution in [0.15, 0.2) is 18.2 Å². The molecule has 2 heterocycles. The van der Waals surface area contributed by atoms with Gasteiger partial charge in [-0.15, -0.1) is 0 Å². The maximum Gasteiger partial charge on any atom is 0.162 e. The van der Waals surface area contributed by atoms with Crippen molar-refractivity contribution in [1.29, 1.82) is 0 Å². The molecule has 6 nitrogen and oxygen atoms in total. The highest BCUT2D eigenvalue weighted by Crippen LogP contribution is 2.33. The van der Waals surface area contributed by atoms with Crippen molar-refractivity contribution in [3.8, 4) is 17.0 Å². The third kappa shape index (κ3) is 5.00. The molecule has 0 saturated carbocycles. The van der Waals surface area contributed by atoms with E-state index in [1.807, 2.05) is 25.1 Å². The molecule has 7 heteroatoms. The van der Waals surface area contributed by atoms with E-state index in [0.717, 1.165) is 79.7 Å². The Labute approximate surface area is 178 Å². The second-order valence-electron chi connectivity index (χ2n) is 7.13. The fourth-order valence-electron chi connectivity index (χ4n) is 3.66. The summed E-state index contributed by atoms with van der Waals surface area (Å²) in [5.41, 5.74) is 7.12. The van der Waals surface area contributed by atoms with Crippen LogP contribution in [0.5, 0.6) is 5.75 Å².